The van der Waals surface area contributed by atoms with E-state index < -0.39 is 0 Å². The number of nitrogens with zero attached hydrogens (tertiary/aromatic N) is 1. The Bertz CT molecular complexity index is 532. The molecule has 5 heteroatoms. The van der Waals surface area contributed by atoms with Gasteiger partial charge < -0.3 is 10.2 Å². The molecule has 0 radical (unpaired) electrons. The standard InChI is InChI=1S/C13H18N2O3/c1-8(2)13(17)14-7-11-9(3)15-10(4-5-18-15)6-12(11)16/h6,8H,4-5,7H2,1-3H3,(H,14,17). The van der Waals surface area contributed by atoms with Crippen LogP contribution in [0.15, 0.2) is 10.9 Å². The normalized spacial score (nSPS) is 13.3. The SMILES string of the molecule is Cc1c(CNC(=O)C(C)C)c(=O)cc2n1OCC2. The fourth-order valence-electron chi connectivity index (χ4n) is 2.00. The van der Waals surface area contributed by atoms with Crippen LogP contribution in [-0.2, 0) is 17.8 Å². The Hall–Kier alpha value is -1.78. The third kappa shape index (κ3) is 2.25. The van der Waals surface area contributed by atoms with Crippen molar-refractivity contribution in [3.63, 3.8) is 0 Å². The summed E-state index contributed by atoms with van der Waals surface area (Å²) in [5, 5.41) is 2.76. The highest BCUT2D eigenvalue weighted by Gasteiger charge is 2.18. The minimum absolute atomic E-state index is 0.0340. The van der Waals surface area contributed by atoms with Crippen LogP contribution in [0.3, 0.4) is 0 Å². The summed E-state index contributed by atoms with van der Waals surface area (Å²) in [6.07, 6.45) is 0.759. The Morgan fingerprint density at radius 3 is 2.94 bits per heavy atom. The van der Waals surface area contributed by atoms with E-state index in [0.717, 1.165) is 17.8 Å². The average Bonchev–Trinajstić information content (AvgIpc) is 2.76. The summed E-state index contributed by atoms with van der Waals surface area (Å²) < 4.78 is 1.69. The molecular weight excluding hydrogens is 232 g/mol. The molecule has 1 aliphatic rings. The van der Waals surface area contributed by atoms with Crippen molar-refractivity contribution in [1.29, 1.82) is 0 Å². The molecule has 1 amide bonds. The van der Waals surface area contributed by atoms with E-state index >= 15 is 0 Å². The first-order valence-electron chi connectivity index (χ1n) is 6.16. The van der Waals surface area contributed by atoms with E-state index in [0.29, 0.717) is 12.2 Å². The van der Waals surface area contributed by atoms with E-state index in [1.54, 1.807) is 10.8 Å². The zero-order chi connectivity index (χ0) is 13.3. The van der Waals surface area contributed by atoms with Gasteiger partial charge >= 0.3 is 0 Å². The van der Waals surface area contributed by atoms with Crippen molar-refractivity contribution in [1.82, 2.24) is 10.0 Å². The Morgan fingerprint density at radius 2 is 2.28 bits per heavy atom. The second kappa shape index (κ2) is 4.84. The van der Waals surface area contributed by atoms with Gasteiger partial charge in [0, 0.05) is 30.5 Å². The number of amides is 1. The molecule has 0 saturated heterocycles. The van der Waals surface area contributed by atoms with Crippen LogP contribution in [0.4, 0.5) is 0 Å². The zero-order valence-electron chi connectivity index (χ0n) is 10.9. The number of hydrogen-bond acceptors (Lipinski definition) is 3. The van der Waals surface area contributed by atoms with Crippen LogP contribution in [0.2, 0.25) is 0 Å². The first kappa shape index (κ1) is 12.7. The number of hydrogen-bond donors (Lipinski definition) is 1. The molecule has 2 rings (SSSR count). The van der Waals surface area contributed by atoms with E-state index in [-0.39, 0.29) is 23.8 Å². The topological polar surface area (TPSA) is 60.3 Å². The minimum Gasteiger partial charge on any atom is -0.413 e. The number of carbonyl (C=O) groups excluding carboxylic acids is 1. The van der Waals surface area contributed by atoms with Gasteiger partial charge in [-0.15, -0.1) is 0 Å². The summed E-state index contributed by atoms with van der Waals surface area (Å²) in [5.74, 6) is -0.140. The first-order valence-corrected chi connectivity index (χ1v) is 6.16. The summed E-state index contributed by atoms with van der Waals surface area (Å²) in [6, 6.07) is 1.59. The quantitative estimate of drug-likeness (QED) is 0.845. The van der Waals surface area contributed by atoms with Gasteiger partial charge in [-0.1, -0.05) is 13.8 Å². The fourth-order valence-corrected chi connectivity index (χ4v) is 2.00. The molecule has 0 bridgehead atoms. The highest BCUT2D eigenvalue weighted by atomic mass is 16.7. The van der Waals surface area contributed by atoms with Crippen molar-refractivity contribution < 1.29 is 9.63 Å². The molecule has 0 atom stereocenters. The van der Waals surface area contributed by atoms with Gasteiger partial charge in [-0.25, -0.2) is 0 Å². The zero-order valence-corrected chi connectivity index (χ0v) is 10.9. The van der Waals surface area contributed by atoms with Crippen LogP contribution in [0.5, 0.6) is 0 Å². The molecule has 0 aromatic carbocycles. The molecular formula is C13H18N2O3. The minimum atomic E-state index is -0.0845. The van der Waals surface area contributed by atoms with Crippen molar-refractivity contribution >= 4 is 5.91 Å². The number of rotatable bonds is 3. The smallest absolute Gasteiger partial charge is 0.222 e. The molecule has 0 aliphatic carbocycles. The maximum atomic E-state index is 12.0. The molecule has 5 nitrogen and oxygen atoms in total. The van der Waals surface area contributed by atoms with Crippen LogP contribution in [0, 0.1) is 12.8 Å². The molecule has 1 aromatic rings. The highest BCUT2D eigenvalue weighted by Crippen LogP contribution is 2.11. The summed E-state index contributed by atoms with van der Waals surface area (Å²) in [4.78, 5) is 28.9. The van der Waals surface area contributed by atoms with E-state index in [1.807, 2.05) is 20.8 Å². The fraction of sp³-hybridized carbons (Fsp3) is 0.538. The Kier molecular flexibility index (Phi) is 3.41. The predicted molar refractivity (Wildman–Crippen MR) is 67.3 cm³/mol. The summed E-state index contributed by atoms with van der Waals surface area (Å²) in [7, 11) is 0. The van der Waals surface area contributed by atoms with Crippen molar-refractivity contribution in [3.8, 4) is 0 Å². The molecule has 2 heterocycles. The van der Waals surface area contributed by atoms with Gasteiger partial charge in [-0.3, -0.25) is 9.59 Å². The third-order valence-electron chi connectivity index (χ3n) is 3.14. The summed E-state index contributed by atoms with van der Waals surface area (Å²) in [6.45, 7) is 6.34. The Balaban J connectivity index is 2.24. The van der Waals surface area contributed by atoms with Crippen LogP contribution >= 0.6 is 0 Å². The molecule has 98 valence electrons. The molecule has 0 fully saturated rings. The second-order valence-electron chi connectivity index (χ2n) is 4.81. The number of pyridine rings is 1. The lowest BCUT2D eigenvalue weighted by molar-refractivity contribution is -0.124. The van der Waals surface area contributed by atoms with Crippen molar-refractivity contribution in [2.45, 2.75) is 33.7 Å². The van der Waals surface area contributed by atoms with Crippen LogP contribution in [0.25, 0.3) is 0 Å². The van der Waals surface area contributed by atoms with E-state index in [2.05, 4.69) is 5.32 Å². The average molecular weight is 250 g/mol. The van der Waals surface area contributed by atoms with Gasteiger partial charge in [-0.05, 0) is 6.92 Å². The second-order valence-corrected chi connectivity index (χ2v) is 4.81. The van der Waals surface area contributed by atoms with Gasteiger partial charge in [0.2, 0.25) is 5.91 Å². The molecule has 1 aliphatic heterocycles. The Labute approximate surface area is 106 Å². The number of nitrogens with one attached hydrogen (secondary N) is 1. The molecule has 0 spiro atoms. The number of aromatic nitrogens is 1. The number of carbonyl (C=O) groups is 1. The highest BCUT2D eigenvalue weighted by molar-refractivity contribution is 5.77. The van der Waals surface area contributed by atoms with Gasteiger partial charge in [0.25, 0.3) is 0 Å². The molecule has 0 saturated carbocycles. The van der Waals surface area contributed by atoms with Crippen molar-refractivity contribution in [2.75, 3.05) is 6.61 Å². The van der Waals surface area contributed by atoms with Crippen molar-refractivity contribution in [2.24, 2.45) is 5.92 Å². The van der Waals surface area contributed by atoms with Crippen LogP contribution < -0.4 is 15.6 Å². The van der Waals surface area contributed by atoms with Gasteiger partial charge in [0.1, 0.15) is 6.61 Å². The molecule has 18 heavy (non-hydrogen) atoms. The summed E-state index contributed by atoms with van der Waals surface area (Å²) >= 11 is 0. The first-order chi connectivity index (χ1) is 8.50. The number of fused-ring (bicyclic) bond motifs is 1. The lowest BCUT2D eigenvalue weighted by Crippen LogP contribution is -2.31. The monoisotopic (exact) mass is 250 g/mol. The van der Waals surface area contributed by atoms with Crippen molar-refractivity contribution in [3.05, 3.63) is 33.2 Å². The molecule has 1 N–H and O–H groups in total. The van der Waals surface area contributed by atoms with E-state index in [9.17, 15) is 9.59 Å². The van der Waals surface area contributed by atoms with Crippen LogP contribution in [0.1, 0.15) is 30.8 Å². The molecule has 0 unspecified atom stereocenters. The van der Waals surface area contributed by atoms with E-state index in [4.69, 9.17) is 4.84 Å². The van der Waals surface area contributed by atoms with Gasteiger partial charge in [0.15, 0.2) is 5.43 Å². The maximum Gasteiger partial charge on any atom is 0.222 e. The van der Waals surface area contributed by atoms with Gasteiger partial charge in [-0.2, -0.15) is 4.73 Å². The predicted octanol–water partition coefficient (Wildman–Crippen LogP) is 0.414. The largest absolute Gasteiger partial charge is 0.413 e. The summed E-state index contributed by atoms with van der Waals surface area (Å²) in [5.41, 5.74) is 2.23. The van der Waals surface area contributed by atoms with Gasteiger partial charge in [0.05, 0.1) is 11.4 Å². The van der Waals surface area contributed by atoms with E-state index in [1.165, 1.54) is 0 Å². The maximum absolute atomic E-state index is 12.0. The van der Waals surface area contributed by atoms with Crippen LogP contribution in [-0.4, -0.2) is 17.2 Å². The third-order valence-corrected chi connectivity index (χ3v) is 3.14. The lowest BCUT2D eigenvalue weighted by atomic mass is 10.1. The Morgan fingerprint density at radius 1 is 1.56 bits per heavy atom. The lowest BCUT2D eigenvalue weighted by Gasteiger charge is -2.13. The molecule has 1 aromatic heterocycles.